The molecule has 0 fully saturated rings. The largest absolute Gasteiger partial charge is 0.497 e. The van der Waals surface area contributed by atoms with Crippen molar-refractivity contribution in [3.05, 3.63) is 29.4 Å². The molecule has 2 aromatic heterocycles. The van der Waals surface area contributed by atoms with Crippen molar-refractivity contribution in [2.45, 2.75) is 6.92 Å². The third-order valence-corrected chi connectivity index (χ3v) is 4.16. The summed E-state index contributed by atoms with van der Waals surface area (Å²) in [6, 6.07) is 5.27. The molecular weight excluding hydrogens is 358 g/mol. The molecule has 0 bridgehead atoms. The Morgan fingerprint density at radius 2 is 2.19 bits per heavy atom. The smallest absolute Gasteiger partial charge is 0.356 e. The number of H-pyrrole nitrogens is 1. The summed E-state index contributed by atoms with van der Waals surface area (Å²) < 4.78 is 10.3. The molecule has 0 radical (unpaired) electrons. The summed E-state index contributed by atoms with van der Waals surface area (Å²) in [5.74, 6) is -0.279. The van der Waals surface area contributed by atoms with E-state index in [-0.39, 0.29) is 24.8 Å². The van der Waals surface area contributed by atoms with Gasteiger partial charge in [0.25, 0.3) is 0 Å². The van der Waals surface area contributed by atoms with Gasteiger partial charge in [0, 0.05) is 10.9 Å². The van der Waals surface area contributed by atoms with Gasteiger partial charge in [-0.05, 0) is 25.1 Å². The molecule has 3 N–H and O–H groups in total. The fourth-order valence-corrected chi connectivity index (χ4v) is 2.82. The van der Waals surface area contributed by atoms with E-state index in [2.05, 4.69) is 25.8 Å². The highest BCUT2D eigenvalue weighted by atomic mass is 32.1. The minimum Gasteiger partial charge on any atom is -0.497 e. The SMILES string of the molecule is CCOC(=O)c1[nH]c2ccc(OC)cc2c1NC(=O)CNc1nncs1. The van der Waals surface area contributed by atoms with E-state index in [1.807, 2.05) is 0 Å². The maximum absolute atomic E-state index is 12.3. The van der Waals surface area contributed by atoms with E-state index in [0.29, 0.717) is 27.5 Å². The van der Waals surface area contributed by atoms with Crippen LogP contribution in [0.25, 0.3) is 10.9 Å². The molecule has 0 aliphatic heterocycles. The summed E-state index contributed by atoms with van der Waals surface area (Å²) in [4.78, 5) is 27.6. The zero-order chi connectivity index (χ0) is 18.5. The van der Waals surface area contributed by atoms with E-state index in [0.717, 1.165) is 0 Å². The first kappa shape index (κ1) is 17.7. The maximum atomic E-state index is 12.3. The second-order valence-electron chi connectivity index (χ2n) is 5.15. The molecule has 1 amide bonds. The van der Waals surface area contributed by atoms with Crippen LogP contribution in [-0.2, 0) is 9.53 Å². The molecule has 136 valence electrons. The van der Waals surface area contributed by atoms with Crippen LogP contribution in [0, 0.1) is 0 Å². The summed E-state index contributed by atoms with van der Waals surface area (Å²) in [6.07, 6.45) is 0. The number of hydrogen-bond acceptors (Lipinski definition) is 8. The number of esters is 1. The predicted molar refractivity (Wildman–Crippen MR) is 97.8 cm³/mol. The lowest BCUT2D eigenvalue weighted by atomic mass is 10.2. The van der Waals surface area contributed by atoms with Crippen molar-refractivity contribution in [2.24, 2.45) is 0 Å². The molecule has 3 aromatic rings. The zero-order valence-corrected chi connectivity index (χ0v) is 15.0. The molecule has 0 saturated heterocycles. The number of aromatic amines is 1. The molecule has 2 heterocycles. The van der Waals surface area contributed by atoms with Gasteiger partial charge >= 0.3 is 5.97 Å². The molecule has 26 heavy (non-hydrogen) atoms. The number of rotatable bonds is 7. The first-order chi connectivity index (χ1) is 12.6. The van der Waals surface area contributed by atoms with Crippen LogP contribution in [0.2, 0.25) is 0 Å². The first-order valence-electron chi connectivity index (χ1n) is 7.79. The molecular formula is C16H17N5O4S. The summed E-state index contributed by atoms with van der Waals surface area (Å²) in [5, 5.41) is 14.3. The van der Waals surface area contributed by atoms with Gasteiger partial charge in [0.2, 0.25) is 11.0 Å². The number of benzene rings is 1. The molecule has 10 heteroatoms. The van der Waals surface area contributed by atoms with Crippen molar-refractivity contribution < 1.29 is 19.1 Å². The van der Waals surface area contributed by atoms with E-state index in [4.69, 9.17) is 9.47 Å². The molecule has 3 rings (SSSR count). The van der Waals surface area contributed by atoms with E-state index in [1.165, 1.54) is 11.3 Å². The lowest BCUT2D eigenvalue weighted by Gasteiger charge is -2.08. The van der Waals surface area contributed by atoms with Crippen molar-refractivity contribution in [3.63, 3.8) is 0 Å². The van der Waals surface area contributed by atoms with Crippen molar-refractivity contribution >= 4 is 44.9 Å². The summed E-state index contributed by atoms with van der Waals surface area (Å²) >= 11 is 1.28. The van der Waals surface area contributed by atoms with Crippen LogP contribution in [0.1, 0.15) is 17.4 Å². The van der Waals surface area contributed by atoms with Crippen molar-refractivity contribution in [3.8, 4) is 5.75 Å². The van der Waals surface area contributed by atoms with Crippen LogP contribution in [-0.4, -0.2) is 47.3 Å². The summed E-state index contributed by atoms with van der Waals surface area (Å²) in [5.41, 5.74) is 2.77. The van der Waals surface area contributed by atoms with Crippen LogP contribution in [0.15, 0.2) is 23.7 Å². The standard InChI is InChI=1S/C16H17N5O4S/c1-3-25-15(23)14-13(10-6-9(24-2)4-5-11(10)19-14)20-12(22)7-17-16-21-18-8-26-16/h4-6,8,19H,3,7H2,1-2H3,(H,17,21)(H,20,22). The van der Waals surface area contributed by atoms with Crippen molar-refractivity contribution in [1.82, 2.24) is 15.2 Å². The van der Waals surface area contributed by atoms with Gasteiger partial charge in [-0.1, -0.05) is 11.3 Å². The molecule has 1 aromatic carbocycles. The van der Waals surface area contributed by atoms with Crippen LogP contribution in [0.3, 0.4) is 0 Å². The average Bonchev–Trinajstić information content (AvgIpc) is 3.28. The fourth-order valence-electron chi connectivity index (χ4n) is 2.37. The third kappa shape index (κ3) is 3.75. The molecule has 0 atom stereocenters. The van der Waals surface area contributed by atoms with Gasteiger partial charge in [-0.25, -0.2) is 4.79 Å². The maximum Gasteiger partial charge on any atom is 0.356 e. The Balaban J connectivity index is 1.88. The normalized spacial score (nSPS) is 10.5. The predicted octanol–water partition coefficient (Wildman–Crippen LogP) is 2.26. The topological polar surface area (TPSA) is 118 Å². The Morgan fingerprint density at radius 3 is 2.88 bits per heavy atom. The van der Waals surface area contributed by atoms with Crippen LogP contribution >= 0.6 is 11.3 Å². The third-order valence-electron chi connectivity index (χ3n) is 3.51. The quantitative estimate of drug-likeness (QED) is 0.542. The van der Waals surface area contributed by atoms with E-state index in [1.54, 1.807) is 37.7 Å². The minimum absolute atomic E-state index is 0.0197. The number of anilines is 2. The van der Waals surface area contributed by atoms with E-state index in [9.17, 15) is 9.59 Å². The second-order valence-corrected chi connectivity index (χ2v) is 5.99. The van der Waals surface area contributed by atoms with Crippen LogP contribution < -0.4 is 15.4 Å². The number of nitrogens with zero attached hydrogens (tertiary/aromatic N) is 2. The van der Waals surface area contributed by atoms with Gasteiger partial charge < -0.3 is 25.1 Å². The van der Waals surface area contributed by atoms with E-state index < -0.39 is 5.97 Å². The van der Waals surface area contributed by atoms with Crippen LogP contribution in [0.5, 0.6) is 5.75 Å². The number of ether oxygens (including phenoxy) is 2. The highest BCUT2D eigenvalue weighted by molar-refractivity contribution is 7.13. The Kier molecular flexibility index (Phi) is 5.32. The first-order valence-corrected chi connectivity index (χ1v) is 8.67. The van der Waals surface area contributed by atoms with Crippen LogP contribution in [0.4, 0.5) is 10.8 Å². The Morgan fingerprint density at radius 1 is 1.35 bits per heavy atom. The Hall–Kier alpha value is -3.14. The lowest BCUT2D eigenvalue weighted by molar-refractivity contribution is -0.114. The number of aromatic nitrogens is 3. The summed E-state index contributed by atoms with van der Waals surface area (Å²) in [7, 11) is 1.55. The number of carbonyl (C=O) groups is 2. The number of fused-ring (bicyclic) bond motifs is 1. The minimum atomic E-state index is -0.546. The summed E-state index contributed by atoms with van der Waals surface area (Å²) in [6.45, 7) is 1.92. The highest BCUT2D eigenvalue weighted by Gasteiger charge is 2.21. The van der Waals surface area contributed by atoms with Gasteiger partial charge in [0.05, 0.1) is 25.9 Å². The molecule has 0 unspecified atom stereocenters. The fraction of sp³-hybridized carbons (Fsp3) is 0.250. The molecule has 0 spiro atoms. The monoisotopic (exact) mass is 375 g/mol. The lowest BCUT2D eigenvalue weighted by Crippen LogP contribution is -2.23. The zero-order valence-electron chi connectivity index (χ0n) is 14.2. The van der Waals surface area contributed by atoms with Gasteiger partial charge in [-0.2, -0.15) is 0 Å². The van der Waals surface area contributed by atoms with Gasteiger partial charge in [-0.3, -0.25) is 4.79 Å². The molecule has 9 nitrogen and oxygen atoms in total. The molecule has 0 saturated carbocycles. The van der Waals surface area contributed by atoms with Gasteiger partial charge in [0.15, 0.2) is 0 Å². The van der Waals surface area contributed by atoms with Gasteiger partial charge in [-0.15, -0.1) is 10.2 Å². The number of nitrogens with one attached hydrogen (secondary N) is 3. The molecule has 0 aliphatic rings. The average molecular weight is 375 g/mol. The number of carbonyl (C=O) groups excluding carboxylic acids is 2. The Bertz CT molecular complexity index is 922. The van der Waals surface area contributed by atoms with Crippen molar-refractivity contribution in [1.29, 1.82) is 0 Å². The van der Waals surface area contributed by atoms with Gasteiger partial charge in [0.1, 0.15) is 17.0 Å². The van der Waals surface area contributed by atoms with Crippen molar-refractivity contribution in [2.75, 3.05) is 30.9 Å². The number of methoxy groups -OCH3 is 1. The number of hydrogen-bond donors (Lipinski definition) is 3. The Labute approximate surface area is 152 Å². The number of amides is 1. The highest BCUT2D eigenvalue weighted by Crippen LogP contribution is 2.31. The van der Waals surface area contributed by atoms with E-state index >= 15 is 0 Å². The second kappa shape index (κ2) is 7.83. The molecule has 0 aliphatic carbocycles.